The lowest BCUT2D eigenvalue weighted by molar-refractivity contribution is 0.0623. The van der Waals surface area contributed by atoms with Gasteiger partial charge in [-0.05, 0) is 54.2 Å². The summed E-state index contributed by atoms with van der Waals surface area (Å²) in [6, 6.07) is 20.3. The highest BCUT2D eigenvalue weighted by molar-refractivity contribution is 7.91. The Hall–Kier alpha value is -3.45. The minimum atomic E-state index is -3.97. The Morgan fingerprint density at radius 2 is 1.54 bits per heavy atom. The zero-order chi connectivity index (χ0) is 24.7. The molecule has 0 unspecified atom stereocenters. The molecule has 2 amide bonds. The van der Waals surface area contributed by atoms with E-state index in [1.54, 1.807) is 30.3 Å². The molecule has 0 bridgehead atoms. The molecule has 2 atom stereocenters. The first kappa shape index (κ1) is 23.3. The van der Waals surface area contributed by atoms with Crippen molar-refractivity contribution < 1.29 is 18.0 Å². The number of carbonyl (C=O) groups excluding carboxylic acids is 2. The molecule has 180 valence electrons. The third kappa shape index (κ3) is 4.25. The molecular weight excluding hydrogens is 460 g/mol. The first-order chi connectivity index (χ1) is 16.8. The Bertz CT molecular complexity index is 1390. The van der Waals surface area contributed by atoms with Gasteiger partial charge in [-0.1, -0.05) is 56.3 Å². The van der Waals surface area contributed by atoms with Crippen molar-refractivity contribution >= 4 is 27.3 Å². The zero-order valence-corrected chi connectivity index (χ0v) is 20.7. The second-order valence-electron chi connectivity index (χ2n) is 9.72. The Labute approximate surface area is 206 Å². The molecule has 0 spiro atoms. The summed E-state index contributed by atoms with van der Waals surface area (Å²) < 4.78 is 27.3. The van der Waals surface area contributed by atoms with E-state index in [0.29, 0.717) is 30.5 Å². The van der Waals surface area contributed by atoms with Crippen LogP contribution >= 0.6 is 0 Å². The standard InChI is InChI=1S/C28H28N2O4S/c1-19-14-20(2)17-29(16-19)27(31)22-12-13-26-24(15-22)30(18-21-8-4-3-5-9-21)28(32)23-10-6-7-11-25(23)35(26,33)34/h3-13,15,19-20H,14,16-18H2,1-2H3/t19-,20-/m1/s1. The highest BCUT2D eigenvalue weighted by Crippen LogP contribution is 2.38. The summed E-state index contributed by atoms with van der Waals surface area (Å²) in [7, 11) is -3.97. The van der Waals surface area contributed by atoms with E-state index in [2.05, 4.69) is 13.8 Å². The predicted molar refractivity (Wildman–Crippen MR) is 134 cm³/mol. The van der Waals surface area contributed by atoms with Crippen LogP contribution < -0.4 is 4.90 Å². The highest BCUT2D eigenvalue weighted by atomic mass is 32.2. The summed E-state index contributed by atoms with van der Waals surface area (Å²) in [5.74, 6) is 0.248. The van der Waals surface area contributed by atoms with Crippen LogP contribution in [0, 0.1) is 11.8 Å². The van der Waals surface area contributed by atoms with Crippen molar-refractivity contribution in [2.45, 2.75) is 36.6 Å². The van der Waals surface area contributed by atoms with Crippen LogP contribution in [0.5, 0.6) is 0 Å². The molecule has 2 aliphatic heterocycles. The number of hydrogen-bond donors (Lipinski definition) is 0. The maximum absolute atomic E-state index is 13.7. The molecule has 0 aromatic heterocycles. The number of sulfone groups is 1. The summed E-state index contributed by atoms with van der Waals surface area (Å²) in [5.41, 5.74) is 1.61. The van der Waals surface area contributed by atoms with Gasteiger partial charge in [0, 0.05) is 18.7 Å². The molecule has 1 saturated heterocycles. The van der Waals surface area contributed by atoms with E-state index in [1.165, 1.54) is 17.0 Å². The molecule has 2 heterocycles. The molecule has 0 saturated carbocycles. The number of carbonyl (C=O) groups is 2. The van der Waals surface area contributed by atoms with Crippen LogP contribution in [0.1, 0.15) is 46.5 Å². The number of piperidine rings is 1. The summed E-state index contributed by atoms with van der Waals surface area (Å²) in [6.45, 7) is 5.79. The molecular formula is C28H28N2O4S. The predicted octanol–water partition coefficient (Wildman–Crippen LogP) is 4.80. The minimum absolute atomic E-state index is 0.0143. The van der Waals surface area contributed by atoms with Crippen molar-refractivity contribution in [2.24, 2.45) is 11.8 Å². The lowest BCUT2D eigenvalue weighted by Gasteiger charge is -2.35. The van der Waals surface area contributed by atoms with Crippen molar-refractivity contribution in [1.82, 2.24) is 4.90 Å². The van der Waals surface area contributed by atoms with Gasteiger partial charge in [0.2, 0.25) is 9.84 Å². The van der Waals surface area contributed by atoms with Crippen LogP contribution in [0.2, 0.25) is 0 Å². The fraction of sp³-hybridized carbons (Fsp3) is 0.286. The number of nitrogens with zero attached hydrogens (tertiary/aromatic N) is 2. The third-order valence-electron chi connectivity index (χ3n) is 6.78. The quantitative estimate of drug-likeness (QED) is 0.531. The summed E-state index contributed by atoms with van der Waals surface area (Å²) in [4.78, 5) is 30.5. The van der Waals surface area contributed by atoms with Crippen LogP contribution in [-0.2, 0) is 16.4 Å². The van der Waals surface area contributed by atoms with Gasteiger partial charge in [0.25, 0.3) is 11.8 Å². The maximum atomic E-state index is 13.7. The summed E-state index contributed by atoms with van der Waals surface area (Å²) in [6.07, 6.45) is 1.07. The summed E-state index contributed by atoms with van der Waals surface area (Å²) >= 11 is 0. The Morgan fingerprint density at radius 3 is 2.26 bits per heavy atom. The van der Waals surface area contributed by atoms with Crippen LogP contribution in [0.3, 0.4) is 0 Å². The number of anilines is 1. The van der Waals surface area contributed by atoms with E-state index in [0.717, 1.165) is 12.0 Å². The number of hydrogen-bond acceptors (Lipinski definition) is 4. The van der Waals surface area contributed by atoms with E-state index in [1.807, 2.05) is 35.2 Å². The zero-order valence-electron chi connectivity index (χ0n) is 19.8. The molecule has 35 heavy (non-hydrogen) atoms. The molecule has 5 rings (SSSR count). The number of rotatable bonds is 3. The summed E-state index contributed by atoms with van der Waals surface area (Å²) in [5, 5.41) is 0. The molecule has 2 aliphatic rings. The van der Waals surface area contributed by atoms with Gasteiger partial charge in [-0.15, -0.1) is 0 Å². The van der Waals surface area contributed by atoms with E-state index in [9.17, 15) is 18.0 Å². The molecule has 3 aromatic rings. The fourth-order valence-corrected chi connectivity index (χ4v) is 6.90. The normalized spacial score (nSPS) is 21.1. The van der Waals surface area contributed by atoms with Crippen molar-refractivity contribution in [2.75, 3.05) is 18.0 Å². The Kier molecular flexibility index (Phi) is 5.97. The van der Waals surface area contributed by atoms with E-state index < -0.39 is 15.7 Å². The van der Waals surface area contributed by atoms with Gasteiger partial charge in [-0.25, -0.2) is 8.42 Å². The van der Waals surface area contributed by atoms with Crippen molar-refractivity contribution in [3.05, 3.63) is 89.5 Å². The molecule has 6 nitrogen and oxygen atoms in total. The van der Waals surface area contributed by atoms with Crippen LogP contribution in [0.4, 0.5) is 5.69 Å². The van der Waals surface area contributed by atoms with Gasteiger partial charge in [-0.2, -0.15) is 0 Å². The Morgan fingerprint density at radius 1 is 0.886 bits per heavy atom. The third-order valence-corrected chi connectivity index (χ3v) is 8.64. The average Bonchev–Trinajstić information content (AvgIpc) is 2.92. The molecule has 0 aliphatic carbocycles. The van der Waals surface area contributed by atoms with Crippen LogP contribution in [0.15, 0.2) is 82.6 Å². The topological polar surface area (TPSA) is 74.8 Å². The number of benzene rings is 3. The molecule has 0 N–H and O–H groups in total. The SMILES string of the molecule is C[C@@H]1C[C@@H](C)CN(C(=O)c2ccc3c(c2)N(Cc2ccccc2)C(=O)c2ccccc2S3(=O)=O)C1. The number of fused-ring (bicyclic) bond motifs is 2. The van der Waals surface area contributed by atoms with Gasteiger partial charge in [-0.3, -0.25) is 9.59 Å². The van der Waals surface area contributed by atoms with Crippen molar-refractivity contribution in [3.8, 4) is 0 Å². The van der Waals surface area contributed by atoms with Gasteiger partial charge >= 0.3 is 0 Å². The van der Waals surface area contributed by atoms with Crippen molar-refractivity contribution in [3.63, 3.8) is 0 Å². The van der Waals surface area contributed by atoms with Crippen LogP contribution in [-0.4, -0.2) is 38.2 Å². The lowest BCUT2D eigenvalue weighted by Crippen LogP contribution is -2.42. The number of likely N-dealkylation sites (tertiary alicyclic amines) is 1. The Balaban J connectivity index is 1.65. The highest BCUT2D eigenvalue weighted by Gasteiger charge is 2.36. The minimum Gasteiger partial charge on any atom is -0.338 e. The fourth-order valence-electron chi connectivity index (χ4n) is 5.27. The van der Waals surface area contributed by atoms with Gasteiger partial charge in [0.05, 0.1) is 27.6 Å². The maximum Gasteiger partial charge on any atom is 0.259 e. The van der Waals surface area contributed by atoms with Crippen molar-refractivity contribution in [1.29, 1.82) is 0 Å². The first-order valence-corrected chi connectivity index (χ1v) is 13.4. The van der Waals surface area contributed by atoms with Gasteiger partial charge in [0.1, 0.15) is 0 Å². The second-order valence-corrected chi connectivity index (χ2v) is 11.6. The van der Waals surface area contributed by atoms with Gasteiger partial charge < -0.3 is 9.80 Å². The molecule has 1 fully saturated rings. The van der Waals surface area contributed by atoms with Gasteiger partial charge in [0.15, 0.2) is 0 Å². The molecule has 3 aromatic carbocycles. The largest absolute Gasteiger partial charge is 0.338 e. The second kappa shape index (κ2) is 8.96. The molecule has 7 heteroatoms. The van der Waals surface area contributed by atoms with E-state index >= 15 is 0 Å². The van der Waals surface area contributed by atoms with E-state index in [4.69, 9.17) is 0 Å². The molecule has 0 radical (unpaired) electrons. The average molecular weight is 489 g/mol. The monoisotopic (exact) mass is 488 g/mol. The van der Waals surface area contributed by atoms with E-state index in [-0.39, 0.29) is 33.5 Å². The first-order valence-electron chi connectivity index (χ1n) is 11.9. The van der Waals surface area contributed by atoms with Crippen LogP contribution in [0.25, 0.3) is 0 Å². The number of amides is 2. The lowest BCUT2D eigenvalue weighted by atomic mass is 9.91. The smallest absolute Gasteiger partial charge is 0.259 e.